The second-order valence-corrected chi connectivity index (χ2v) is 7.66. The molecule has 3 aromatic rings. The number of fused-ring (bicyclic) bond motifs is 2. The number of H-pyrrole nitrogens is 1. The number of carbonyl (C=O) groups is 1. The number of rotatable bonds is 3. The minimum atomic E-state index is 0.0343. The fraction of sp³-hybridized carbons (Fsp3) is 0.261. The maximum Gasteiger partial charge on any atom is 0.219 e. The second kappa shape index (κ2) is 7.33. The summed E-state index contributed by atoms with van der Waals surface area (Å²) in [6.07, 6.45) is 5.08. The molecule has 0 unspecified atom stereocenters. The molecule has 0 radical (unpaired) electrons. The van der Waals surface area contributed by atoms with Gasteiger partial charge in [0.15, 0.2) is 5.88 Å². The molecule has 1 fully saturated rings. The van der Waals surface area contributed by atoms with E-state index in [2.05, 4.69) is 15.0 Å². The van der Waals surface area contributed by atoms with Crippen LogP contribution >= 0.6 is 0 Å². The quantitative estimate of drug-likeness (QED) is 0.705. The first-order valence-electron chi connectivity index (χ1n) is 10.1. The van der Waals surface area contributed by atoms with E-state index in [1.54, 1.807) is 13.3 Å². The van der Waals surface area contributed by atoms with Gasteiger partial charge >= 0.3 is 0 Å². The molecule has 5 rings (SSSR count). The van der Waals surface area contributed by atoms with Gasteiger partial charge in [0.05, 0.1) is 21.9 Å². The van der Waals surface area contributed by atoms with E-state index in [-0.39, 0.29) is 17.9 Å². The molecule has 7 nitrogen and oxygen atoms in total. The highest BCUT2D eigenvalue weighted by atomic mass is 16.5. The molecule has 30 heavy (non-hydrogen) atoms. The number of likely N-dealkylation sites (tertiary alicyclic amines) is 1. The van der Waals surface area contributed by atoms with Crippen LogP contribution in [-0.2, 0) is 4.79 Å². The number of benzene rings is 2. The molecule has 2 N–H and O–H groups in total. The molecule has 7 heteroatoms. The Morgan fingerprint density at radius 2 is 2.10 bits per heavy atom. The van der Waals surface area contributed by atoms with Gasteiger partial charge in [-0.25, -0.2) is 9.98 Å². The first-order chi connectivity index (χ1) is 14.6. The third kappa shape index (κ3) is 3.32. The fourth-order valence-corrected chi connectivity index (χ4v) is 4.10. The predicted molar refractivity (Wildman–Crippen MR) is 115 cm³/mol. The van der Waals surface area contributed by atoms with E-state index >= 15 is 0 Å². The molecule has 1 aromatic heterocycles. The summed E-state index contributed by atoms with van der Waals surface area (Å²) in [6, 6.07) is 11.6. The number of carbonyl (C=O) groups excluding carboxylic acids is 1. The van der Waals surface area contributed by atoms with Gasteiger partial charge in [0.1, 0.15) is 18.2 Å². The number of piperidine rings is 1. The summed E-state index contributed by atoms with van der Waals surface area (Å²) < 4.78 is 6.33. The summed E-state index contributed by atoms with van der Waals surface area (Å²) >= 11 is 0. The number of nitrogens with one attached hydrogen (secondary N) is 1. The number of nitrogens with zero attached hydrogens (tertiary/aromatic N) is 3. The zero-order valence-electron chi connectivity index (χ0n) is 16.6. The van der Waals surface area contributed by atoms with Gasteiger partial charge in [-0.2, -0.15) is 0 Å². The van der Waals surface area contributed by atoms with Crippen molar-refractivity contribution in [2.45, 2.75) is 25.9 Å². The average Bonchev–Trinajstić information content (AvgIpc) is 3.33. The smallest absolute Gasteiger partial charge is 0.219 e. The molecule has 1 amide bonds. The highest BCUT2D eigenvalue weighted by Gasteiger charge is 2.23. The van der Waals surface area contributed by atoms with Gasteiger partial charge < -0.3 is 19.7 Å². The van der Waals surface area contributed by atoms with Gasteiger partial charge in [0.2, 0.25) is 5.91 Å². The largest absolute Gasteiger partial charge is 0.494 e. The summed E-state index contributed by atoms with van der Waals surface area (Å²) in [7, 11) is 0. The van der Waals surface area contributed by atoms with Crippen molar-refractivity contribution in [1.82, 2.24) is 9.88 Å². The molecule has 2 aliphatic rings. The zero-order chi connectivity index (χ0) is 20.7. The van der Waals surface area contributed by atoms with Crippen molar-refractivity contribution in [3.05, 3.63) is 52.5 Å². The van der Waals surface area contributed by atoms with Crippen LogP contribution in [0.25, 0.3) is 17.0 Å². The third-order valence-electron chi connectivity index (χ3n) is 5.69. The first kappa shape index (κ1) is 18.4. The second-order valence-electron chi connectivity index (χ2n) is 7.66. The predicted octanol–water partition coefficient (Wildman–Crippen LogP) is 2.39. The fourth-order valence-electron chi connectivity index (χ4n) is 4.10. The number of hydrogen-bond acceptors (Lipinski definition) is 5. The Hall–Kier alpha value is -3.61. The molecule has 0 atom stereocenters. The Kier molecular flexibility index (Phi) is 4.50. The van der Waals surface area contributed by atoms with E-state index < -0.39 is 0 Å². The lowest BCUT2D eigenvalue weighted by Gasteiger charge is -2.31. The van der Waals surface area contributed by atoms with Gasteiger partial charge in [0.25, 0.3) is 0 Å². The van der Waals surface area contributed by atoms with E-state index in [4.69, 9.17) is 4.74 Å². The maximum absolute atomic E-state index is 11.6. The van der Waals surface area contributed by atoms with E-state index in [0.29, 0.717) is 18.7 Å². The van der Waals surface area contributed by atoms with Crippen molar-refractivity contribution in [2.75, 3.05) is 13.1 Å². The van der Waals surface area contributed by atoms with Crippen molar-refractivity contribution < 1.29 is 14.6 Å². The third-order valence-corrected chi connectivity index (χ3v) is 5.69. The molecule has 3 heterocycles. The van der Waals surface area contributed by atoms with Crippen molar-refractivity contribution in [1.29, 1.82) is 0 Å². The molecule has 0 bridgehead atoms. The number of aromatic hydroxyl groups is 1. The minimum absolute atomic E-state index is 0.0343. The van der Waals surface area contributed by atoms with Crippen LogP contribution in [0, 0.1) is 0 Å². The summed E-state index contributed by atoms with van der Waals surface area (Å²) in [4.78, 5) is 24.9. The van der Waals surface area contributed by atoms with Crippen molar-refractivity contribution in [3.63, 3.8) is 0 Å². The Bertz CT molecular complexity index is 1280. The van der Waals surface area contributed by atoms with Crippen LogP contribution in [0.3, 0.4) is 0 Å². The van der Waals surface area contributed by atoms with Gasteiger partial charge in [-0.3, -0.25) is 4.79 Å². The van der Waals surface area contributed by atoms with Crippen molar-refractivity contribution >= 4 is 34.9 Å². The topological polar surface area (TPSA) is 90.3 Å². The summed E-state index contributed by atoms with van der Waals surface area (Å²) in [5.74, 6) is 0.932. The molecule has 0 saturated carbocycles. The number of amides is 1. The Labute approximate surface area is 173 Å². The van der Waals surface area contributed by atoms with Gasteiger partial charge in [0, 0.05) is 38.4 Å². The Morgan fingerprint density at radius 3 is 2.90 bits per heavy atom. The highest BCUT2D eigenvalue weighted by molar-refractivity contribution is 5.96. The minimum Gasteiger partial charge on any atom is -0.494 e. The number of ether oxygens (including phenoxy) is 1. The molecule has 0 spiro atoms. The van der Waals surface area contributed by atoms with Crippen LogP contribution in [0.15, 0.2) is 46.4 Å². The first-order valence-corrected chi connectivity index (χ1v) is 10.1. The molecular formula is C23H22N4O3. The van der Waals surface area contributed by atoms with Gasteiger partial charge in [-0.1, -0.05) is 12.1 Å². The lowest BCUT2D eigenvalue weighted by Crippen LogP contribution is -2.40. The molecule has 2 aliphatic heterocycles. The van der Waals surface area contributed by atoms with Gasteiger partial charge in [-0.05, 0) is 35.6 Å². The van der Waals surface area contributed by atoms with Crippen molar-refractivity contribution in [2.24, 2.45) is 9.98 Å². The standard InChI is InChI=1S/C23H22N4O3/c1-14(28)27-9-7-16(8-10-27)30-21-4-2-3-19-22(21)17(23(29)26-19)11-15-5-6-18-20(12-15)25-13-24-18/h2-6,11-13,16,26,29H,7-10H2,1H3/b15-11+. The number of hydrogen-bond donors (Lipinski definition) is 2. The van der Waals surface area contributed by atoms with Gasteiger partial charge in [-0.15, -0.1) is 0 Å². The van der Waals surface area contributed by atoms with Crippen LogP contribution < -0.4 is 15.3 Å². The van der Waals surface area contributed by atoms with Crippen LogP contribution in [0.4, 0.5) is 5.69 Å². The number of aliphatic imine (C=N–C) groups is 1. The normalized spacial score (nSPS) is 16.7. The monoisotopic (exact) mass is 402 g/mol. The highest BCUT2D eigenvalue weighted by Crippen LogP contribution is 2.36. The van der Waals surface area contributed by atoms with E-state index in [9.17, 15) is 9.90 Å². The SMILES string of the molecule is CC(=O)N1CCC(Oc2cccc3[nH]c(O)c(/C=c4\ccc5c(c4)N=CN=5)c23)CC1. The Balaban J connectivity index is 1.51. The molecule has 1 saturated heterocycles. The molecule has 2 aromatic carbocycles. The lowest BCUT2D eigenvalue weighted by atomic mass is 10.1. The van der Waals surface area contributed by atoms with E-state index in [1.165, 1.54) is 0 Å². The average molecular weight is 402 g/mol. The molecule has 152 valence electrons. The van der Waals surface area contributed by atoms with Crippen LogP contribution in [0.1, 0.15) is 25.3 Å². The summed E-state index contributed by atoms with van der Waals surface area (Å²) in [6.45, 7) is 3.01. The van der Waals surface area contributed by atoms with E-state index in [0.717, 1.165) is 45.8 Å². The Morgan fingerprint density at radius 1 is 1.27 bits per heavy atom. The summed E-state index contributed by atoms with van der Waals surface area (Å²) in [5.41, 5.74) is 2.31. The maximum atomic E-state index is 11.6. The van der Waals surface area contributed by atoms with E-state index in [1.807, 2.05) is 47.4 Å². The summed E-state index contributed by atoms with van der Waals surface area (Å²) in [5, 5.41) is 13.2. The van der Waals surface area contributed by atoms with Crippen molar-refractivity contribution in [3.8, 4) is 11.6 Å². The van der Waals surface area contributed by atoms with Crippen LogP contribution in [0.5, 0.6) is 11.6 Å². The molecular weight excluding hydrogens is 380 g/mol. The van der Waals surface area contributed by atoms with Crippen LogP contribution in [-0.4, -0.2) is 46.4 Å². The molecule has 0 aliphatic carbocycles. The number of aromatic nitrogens is 1. The number of aromatic amines is 1. The zero-order valence-corrected chi connectivity index (χ0v) is 16.6. The lowest BCUT2D eigenvalue weighted by molar-refractivity contribution is -0.130. The van der Waals surface area contributed by atoms with Crippen LogP contribution in [0.2, 0.25) is 0 Å².